The van der Waals surface area contributed by atoms with Gasteiger partial charge in [0.1, 0.15) is 23.0 Å². The summed E-state index contributed by atoms with van der Waals surface area (Å²) in [4.78, 5) is 27.3. The van der Waals surface area contributed by atoms with Crippen molar-refractivity contribution in [3.05, 3.63) is 241 Å². The Morgan fingerprint density at radius 3 is 0.695 bits per heavy atom. The molecular formula is C122H144O6. The summed E-state index contributed by atoms with van der Waals surface area (Å²) in [5, 5.41) is 8.87. The van der Waals surface area contributed by atoms with Crippen molar-refractivity contribution in [1.29, 1.82) is 0 Å². The summed E-state index contributed by atoms with van der Waals surface area (Å²) in [5.74, 6) is 8.80. The first-order chi connectivity index (χ1) is 63.1. The lowest BCUT2D eigenvalue weighted by Crippen LogP contribution is -2.13. The van der Waals surface area contributed by atoms with Crippen LogP contribution in [0.2, 0.25) is 0 Å². The van der Waals surface area contributed by atoms with E-state index in [0.29, 0.717) is 48.0 Å². The number of esters is 2. The van der Waals surface area contributed by atoms with Crippen molar-refractivity contribution >= 4 is 55.0 Å². The Morgan fingerprint density at radius 1 is 0.227 bits per heavy atom. The number of hydrogen-bond donors (Lipinski definition) is 0. The highest BCUT2D eigenvalue weighted by Crippen LogP contribution is 2.52. The summed E-state index contributed by atoms with van der Waals surface area (Å²) in [6.07, 6.45) is 50.9. The van der Waals surface area contributed by atoms with Gasteiger partial charge >= 0.3 is 11.9 Å². The molecule has 2 heterocycles. The van der Waals surface area contributed by atoms with Gasteiger partial charge in [-0.25, -0.2) is 0 Å². The third kappa shape index (κ3) is 22.4. The molecular weight excluding hydrogens is 1560 g/mol. The maximum atomic E-state index is 13.6. The fraction of sp³-hybridized carbons (Fsp3) is 0.459. The molecule has 0 amide bonds. The first-order valence-corrected chi connectivity index (χ1v) is 51.4. The van der Waals surface area contributed by atoms with Gasteiger partial charge in [-0.2, -0.15) is 0 Å². The largest absolute Gasteiger partial charge is 0.493 e. The van der Waals surface area contributed by atoms with Gasteiger partial charge in [0, 0.05) is 35.1 Å². The van der Waals surface area contributed by atoms with Crippen LogP contribution in [-0.4, -0.2) is 25.2 Å². The maximum Gasteiger partial charge on any atom is 0.311 e. The molecule has 0 spiro atoms. The van der Waals surface area contributed by atoms with Crippen LogP contribution in [-0.2, 0) is 9.59 Å². The van der Waals surface area contributed by atoms with Crippen LogP contribution < -0.4 is 18.9 Å². The molecule has 0 unspecified atom stereocenters. The van der Waals surface area contributed by atoms with Gasteiger partial charge in [-0.3, -0.25) is 9.59 Å². The van der Waals surface area contributed by atoms with E-state index in [0.717, 1.165) is 161 Å². The van der Waals surface area contributed by atoms with E-state index in [9.17, 15) is 9.59 Å². The Kier molecular flexibility index (Phi) is 31.5. The van der Waals surface area contributed by atoms with Crippen LogP contribution in [0.4, 0.5) is 0 Å². The summed E-state index contributed by atoms with van der Waals surface area (Å²) < 4.78 is 26.4. The van der Waals surface area contributed by atoms with Gasteiger partial charge in [-0.1, -0.05) is 326 Å². The number of ether oxygens (including phenoxy) is 4. The SMILES string of the molecule is CCCC1CCC(c2ccc(-c3ccc4c5c(ccc4c3)OC(=O)CCCCCCCCCC(=O)Oc3ccc4cc(-c6ccc(C7CCC(CCC)CC7)cc6)ccc4c3-5)cc2)CC1.CCCC1CCC(c2ccc(-c3ccc4c5c(ccc4c3)OCCCCCCCCCCCOc3ccc4cc(-c6ccc(C7CCC(CCC)CC7)cc6)ccc4c3-5)cc2)CC1. The van der Waals surface area contributed by atoms with Crippen molar-refractivity contribution in [2.24, 2.45) is 23.7 Å². The number of fused-ring (bicyclic) bond motifs is 14. The average molecular weight is 1710 g/mol. The van der Waals surface area contributed by atoms with Gasteiger partial charge in [0.2, 0.25) is 0 Å². The highest BCUT2D eigenvalue weighted by molar-refractivity contribution is 6.13. The third-order valence-electron chi connectivity index (χ3n) is 31.0. The molecule has 12 aromatic rings. The molecule has 128 heavy (non-hydrogen) atoms. The van der Waals surface area contributed by atoms with Gasteiger partial charge in [0.15, 0.2) is 0 Å². The Morgan fingerprint density at radius 2 is 0.445 bits per heavy atom. The second-order valence-corrected chi connectivity index (χ2v) is 39.8. The zero-order chi connectivity index (χ0) is 87.3. The van der Waals surface area contributed by atoms with Crippen LogP contribution in [0.1, 0.15) is 343 Å². The molecule has 12 aromatic carbocycles. The molecule has 6 aliphatic rings. The van der Waals surface area contributed by atoms with Crippen LogP contribution in [0.5, 0.6) is 23.0 Å². The molecule has 2 aliphatic heterocycles. The second kappa shape index (κ2) is 44.7. The predicted octanol–water partition coefficient (Wildman–Crippen LogP) is 35.9. The van der Waals surface area contributed by atoms with Crippen LogP contribution in [0.3, 0.4) is 0 Å². The van der Waals surface area contributed by atoms with E-state index < -0.39 is 0 Å². The van der Waals surface area contributed by atoms with Crippen molar-refractivity contribution in [2.45, 2.75) is 321 Å². The summed E-state index contributed by atoms with van der Waals surface area (Å²) in [7, 11) is 0. The van der Waals surface area contributed by atoms with Gasteiger partial charge in [0.05, 0.1) is 13.2 Å². The molecule has 4 fully saturated rings. The molecule has 0 N–H and O–H groups in total. The van der Waals surface area contributed by atoms with Crippen molar-refractivity contribution in [1.82, 2.24) is 0 Å². The van der Waals surface area contributed by atoms with Crippen LogP contribution in [0.15, 0.2) is 218 Å². The number of benzene rings is 12. The minimum atomic E-state index is -0.232. The van der Waals surface area contributed by atoms with Gasteiger partial charge in [-0.05, 0) is 334 Å². The predicted molar refractivity (Wildman–Crippen MR) is 539 cm³/mol. The van der Waals surface area contributed by atoms with E-state index in [1.165, 1.54) is 276 Å². The molecule has 668 valence electrons. The minimum absolute atomic E-state index is 0.232. The third-order valence-corrected chi connectivity index (χ3v) is 31.0. The molecule has 0 atom stereocenters. The topological polar surface area (TPSA) is 71.1 Å². The standard InChI is InChI=1S/C61H70O4.C61H74O2/c1-3-12-42-16-20-44(21-17-42)46-24-28-48(29-25-46)50-32-36-54-52(40-50)34-38-56-60(54)61-55-37-33-51(49-30-26-47(27-31-49)45-22-18-43(13-4-2)19-23-45)41-53(55)35-39-57(61)65-59(63)15-11-9-7-5-6-8-10-14-58(62)64-56;1-3-14-44-16-20-46(21-17-44)48-24-28-50(29-25-48)52-32-36-56-54(42-52)34-38-58-60(56)61-57-37-33-53(51-30-26-49(27-31-51)47-22-18-45(15-4-2)19-23-47)43-55(57)35-39-59(61)63-41-13-11-9-7-5-6-8-10-12-40-62-58/h24-45H,3-23H2,1-2H3;24-39,42-47H,3-23,40-41H2,1-2H3. The van der Waals surface area contributed by atoms with Crippen molar-refractivity contribution in [2.75, 3.05) is 13.2 Å². The van der Waals surface area contributed by atoms with Crippen molar-refractivity contribution in [3.63, 3.8) is 0 Å². The Bertz CT molecular complexity index is 5270. The monoisotopic (exact) mass is 1710 g/mol. The maximum absolute atomic E-state index is 13.6. The lowest BCUT2D eigenvalue weighted by Gasteiger charge is -2.28. The average Bonchev–Trinajstić information content (AvgIpc) is 0.749. The van der Waals surface area contributed by atoms with Crippen LogP contribution in [0.25, 0.3) is 110 Å². The number of carbonyl (C=O) groups is 2. The van der Waals surface area contributed by atoms with E-state index in [1.807, 2.05) is 12.1 Å². The van der Waals surface area contributed by atoms with Gasteiger partial charge in [0.25, 0.3) is 0 Å². The summed E-state index contributed by atoms with van der Waals surface area (Å²) >= 11 is 0. The van der Waals surface area contributed by atoms with E-state index in [-0.39, 0.29) is 11.9 Å². The molecule has 0 radical (unpaired) electrons. The first-order valence-electron chi connectivity index (χ1n) is 51.4. The highest BCUT2D eigenvalue weighted by Gasteiger charge is 2.30. The zero-order valence-corrected chi connectivity index (χ0v) is 78.0. The van der Waals surface area contributed by atoms with Crippen molar-refractivity contribution < 1.29 is 28.5 Å². The van der Waals surface area contributed by atoms with E-state index >= 15 is 0 Å². The molecule has 0 bridgehead atoms. The second-order valence-electron chi connectivity index (χ2n) is 39.8. The minimum Gasteiger partial charge on any atom is -0.493 e. The molecule has 0 aromatic heterocycles. The fourth-order valence-electron chi connectivity index (χ4n) is 23.5. The van der Waals surface area contributed by atoms with Crippen LogP contribution >= 0.6 is 0 Å². The smallest absolute Gasteiger partial charge is 0.311 e. The van der Waals surface area contributed by atoms with Gasteiger partial charge < -0.3 is 18.9 Å². The fourth-order valence-corrected chi connectivity index (χ4v) is 23.5. The number of hydrogen-bond acceptors (Lipinski definition) is 6. The normalized spacial score (nSPS) is 21.6. The van der Waals surface area contributed by atoms with Crippen LogP contribution in [0, 0.1) is 23.7 Å². The molecule has 0 saturated heterocycles. The lowest BCUT2D eigenvalue weighted by atomic mass is 9.77. The molecule has 6 nitrogen and oxygen atoms in total. The Balaban J connectivity index is 0.000000180. The molecule has 18 rings (SSSR count). The van der Waals surface area contributed by atoms with Gasteiger partial charge in [-0.15, -0.1) is 0 Å². The summed E-state index contributed by atoms with van der Waals surface area (Å²) in [5.41, 5.74) is 19.6. The van der Waals surface area contributed by atoms with Crippen molar-refractivity contribution in [3.8, 4) is 89.8 Å². The molecule has 6 heteroatoms. The summed E-state index contributed by atoms with van der Waals surface area (Å²) in [6.45, 7) is 10.7. The number of carbonyl (C=O) groups excluding carboxylic acids is 2. The number of rotatable bonds is 16. The highest BCUT2D eigenvalue weighted by atomic mass is 16.5. The van der Waals surface area contributed by atoms with E-state index in [2.05, 4.69) is 234 Å². The Labute approximate surface area is 766 Å². The zero-order valence-electron chi connectivity index (χ0n) is 78.0. The Hall–Kier alpha value is -9.78. The summed E-state index contributed by atoms with van der Waals surface area (Å²) in [6, 6.07) is 82.1. The lowest BCUT2D eigenvalue weighted by molar-refractivity contribution is -0.135. The quantitative estimate of drug-likeness (QED) is 0.0709. The molecule has 4 saturated carbocycles. The van der Waals surface area contributed by atoms with E-state index in [4.69, 9.17) is 18.9 Å². The molecule has 4 aliphatic carbocycles. The van der Waals surface area contributed by atoms with E-state index in [1.54, 1.807) is 0 Å². The first kappa shape index (κ1) is 90.2.